The van der Waals surface area contributed by atoms with Gasteiger partial charge in [0.25, 0.3) is 0 Å². The minimum atomic E-state index is 0.525. The Bertz CT molecular complexity index is 196. The van der Waals surface area contributed by atoms with Crippen molar-refractivity contribution in [3.63, 3.8) is 0 Å². The van der Waals surface area contributed by atoms with Gasteiger partial charge in [0.15, 0.2) is 0 Å². The van der Waals surface area contributed by atoms with Crippen LogP contribution in [0.25, 0.3) is 0 Å². The molecule has 0 atom stereocenters. The first kappa shape index (κ1) is 7.08. The van der Waals surface area contributed by atoms with Gasteiger partial charge in [-0.25, -0.2) is 0 Å². The normalized spacial score (nSPS) is 18.1. The summed E-state index contributed by atoms with van der Waals surface area (Å²) in [6, 6.07) is 0. The predicted octanol–water partition coefficient (Wildman–Crippen LogP) is 0.313. The van der Waals surface area contributed by atoms with Crippen molar-refractivity contribution >= 4 is 24.2 Å². The third-order valence-corrected chi connectivity index (χ3v) is 1.36. The van der Waals surface area contributed by atoms with E-state index in [0.717, 1.165) is 0 Å². The monoisotopic (exact) mass is 158 g/mol. The van der Waals surface area contributed by atoms with Crippen LogP contribution in [0.4, 0.5) is 0 Å². The molecule has 1 rings (SSSR count). The molecule has 0 spiro atoms. The van der Waals surface area contributed by atoms with E-state index in [1.165, 1.54) is 12.5 Å². The lowest BCUT2D eigenvalue weighted by Crippen LogP contribution is -2.23. The van der Waals surface area contributed by atoms with Gasteiger partial charge in [-0.05, 0) is 0 Å². The maximum atomic E-state index is 5.69. The van der Waals surface area contributed by atoms with E-state index >= 15 is 0 Å². The zero-order chi connectivity index (χ0) is 7.40. The van der Waals surface area contributed by atoms with Crippen LogP contribution in [0.1, 0.15) is 0 Å². The van der Waals surface area contributed by atoms with Crippen LogP contribution in [0.3, 0.4) is 0 Å². The Morgan fingerprint density at radius 3 is 3.30 bits per heavy atom. The number of halogens is 1. The summed E-state index contributed by atoms with van der Waals surface area (Å²) in [6.07, 6.45) is 4.70. The second kappa shape index (κ2) is 3.22. The number of nitrogens with two attached hydrogens (primary N) is 1. The summed E-state index contributed by atoms with van der Waals surface area (Å²) in [7, 11) is 0. The number of nitrogens with zero attached hydrogens (tertiary/aromatic N) is 3. The highest BCUT2D eigenvalue weighted by molar-refractivity contribution is 6.30. The summed E-state index contributed by atoms with van der Waals surface area (Å²) < 4.78 is 0. The SMILES string of the molecule is NN=CN1CC=NC=C1Cl. The van der Waals surface area contributed by atoms with Crippen LogP contribution in [0, 0.1) is 0 Å². The van der Waals surface area contributed by atoms with Crippen molar-refractivity contribution in [2.45, 2.75) is 0 Å². The Hall–Kier alpha value is -1.03. The Balaban J connectivity index is 2.64. The summed E-state index contributed by atoms with van der Waals surface area (Å²) in [5.41, 5.74) is 0. The number of hydrogen-bond acceptors (Lipinski definition) is 3. The van der Waals surface area contributed by atoms with Gasteiger partial charge in [0.2, 0.25) is 0 Å². The van der Waals surface area contributed by atoms with E-state index in [4.69, 9.17) is 17.4 Å². The lowest BCUT2D eigenvalue weighted by atomic mass is 10.5. The van der Waals surface area contributed by atoms with Gasteiger partial charge in [0, 0.05) is 6.21 Å². The molecule has 54 valence electrons. The Kier molecular flexibility index (Phi) is 2.28. The van der Waals surface area contributed by atoms with Crippen molar-refractivity contribution in [3.8, 4) is 0 Å². The maximum absolute atomic E-state index is 5.69. The van der Waals surface area contributed by atoms with Gasteiger partial charge in [0.05, 0.1) is 12.7 Å². The average molecular weight is 159 g/mol. The average Bonchev–Trinajstić information content (AvgIpc) is 1.94. The first-order chi connectivity index (χ1) is 4.84. The van der Waals surface area contributed by atoms with Crippen LogP contribution >= 0.6 is 11.6 Å². The van der Waals surface area contributed by atoms with Crippen molar-refractivity contribution in [3.05, 3.63) is 11.4 Å². The molecule has 0 fully saturated rings. The fraction of sp³-hybridized carbons (Fsp3) is 0.200. The van der Waals surface area contributed by atoms with Crippen LogP contribution < -0.4 is 5.84 Å². The molecule has 2 N–H and O–H groups in total. The molecule has 0 bridgehead atoms. The molecule has 0 aromatic rings. The third kappa shape index (κ3) is 1.48. The first-order valence-corrected chi connectivity index (χ1v) is 3.09. The molecule has 0 saturated carbocycles. The molecule has 0 unspecified atom stereocenters. The highest BCUT2D eigenvalue weighted by Gasteiger charge is 2.04. The summed E-state index contributed by atoms with van der Waals surface area (Å²) in [6.45, 7) is 0.621. The predicted molar refractivity (Wildman–Crippen MR) is 41.8 cm³/mol. The van der Waals surface area contributed by atoms with E-state index in [-0.39, 0.29) is 0 Å². The molecule has 1 aliphatic heterocycles. The van der Waals surface area contributed by atoms with Crippen molar-refractivity contribution < 1.29 is 0 Å². The second-order valence-corrected chi connectivity index (χ2v) is 2.09. The first-order valence-electron chi connectivity index (χ1n) is 2.72. The van der Waals surface area contributed by atoms with Gasteiger partial charge in [-0.15, -0.1) is 0 Å². The smallest absolute Gasteiger partial charge is 0.128 e. The zero-order valence-electron chi connectivity index (χ0n) is 5.24. The Morgan fingerprint density at radius 1 is 1.90 bits per heavy atom. The van der Waals surface area contributed by atoms with Crippen molar-refractivity contribution in [1.82, 2.24) is 4.90 Å². The highest BCUT2D eigenvalue weighted by Crippen LogP contribution is 2.08. The standard InChI is InChI=1S/C5H7ClN4/c6-5-3-8-1-2-10(5)4-9-7/h1,3-4H,2,7H2. The number of aliphatic imine (C=N–C) groups is 1. The Morgan fingerprint density at radius 2 is 2.70 bits per heavy atom. The van der Waals surface area contributed by atoms with E-state index in [1.807, 2.05) is 0 Å². The molecule has 4 nitrogen and oxygen atoms in total. The fourth-order valence-electron chi connectivity index (χ4n) is 0.593. The molecule has 0 aromatic carbocycles. The van der Waals surface area contributed by atoms with Crippen LogP contribution in [-0.4, -0.2) is 24.0 Å². The fourth-order valence-corrected chi connectivity index (χ4v) is 0.762. The molecule has 1 aliphatic rings. The summed E-state index contributed by atoms with van der Waals surface area (Å²) in [5, 5.41) is 3.85. The lowest BCUT2D eigenvalue weighted by Gasteiger charge is -2.16. The maximum Gasteiger partial charge on any atom is 0.128 e. The van der Waals surface area contributed by atoms with Gasteiger partial charge in [-0.2, -0.15) is 5.10 Å². The van der Waals surface area contributed by atoms with E-state index in [9.17, 15) is 0 Å². The summed E-state index contributed by atoms with van der Waals surface area (Å²) in [5.74, 6) is 4.92. The van der Waals surface area contributed by atoms with Gasteiger partial charge in [-0.1, -0.05) is 11.6 Å². The highest BCUT2D eigenvalue weighted by atomic mass is 35.5. The summed E-state index contributed by atoms with van der Waals surface area (Å²) >= 11 is 5.69. The molecule has 0 amide bonds. The van der Waals surface area contributed by atoms with Crippen LogP contribution in [-0.2, 0) is 0 Å². The molecule has 0 aliphatic carbocycles. The van der Waals surface area contributed by atoms with Gasteiger partial charge >= 0.3 is 0 Å². The largest absolute Gasteiger partial charge is 0.322 e. The van der Waals surface area contributed by atoms with Crippen molar-refractivity contribution in [2.75, 3.05) is 6.54 Å². The van der Waals surface area contributed by atoms with Gasteiger partial charge in [-0.3, -0.25) is 4.99 Å². The quantitative estimate of drug-likeness (QED) is 0.196. The van der Waals surface area contributed by atoms with Crippen molar-refractivity contribution in [1.29, 1.82) is 0 Å². The molecule has 5 heteroatoms. The number of rotatable bonds is 1. The third-order valence-electron chi connectivity index (χ3n) is 1.05. The number of hydrogen-bond donors (Lipinski definition) is 1. The molecule has 10 heavy (non-hydrogen) atoms. The molecule has 0 saturated heterocycles. The summed E-state index contributed by atoms with van der Waals surface area (Å²) in [4.78, 5) is 5.50. The topological polar surface area (TPSA) is 54.0 Å². The molecule has 0 radical (unpaired) electrons. The van der Waals surface area contributed by atoms with E-state index in [0.29, 0.717) is 11.7 Å². The van der Waals surface area contributed by atoms with E-state index in [1.54, 1.807) is 11.1 Å². The Labute approximate surface area is 63.7 Å². The molecule has 1 heterocycles. The lowest BCUT2D eigenvalue weighted by molar-refractivity contribution is 0.634. The molecule has 0 aromatic heterocycles. The van der Waals surface area contributed by atoms with Gasteiger partial charge < -0.3 is 10.7 Å². The van der Waals surface area contributed by atoms with Gasteiger partial charge in [0.1, 0.15) is 11.5 Å². The molecular weight excluding hydrogens is 152 g/mol. The number of hydrazone groups is 1. The second-order valence-electron chi connectivity index (χ2n) is 1.70. The zero-order valence-corrected chi connectivity index (χ0v) is 5.99. The minimum absolute atomic E-state index is 0.525. The van der Waals surface area contributed by atoms with Crippen LogP contribution in [0.5, 0.6) is 0 Å². The van der Waals surface area contributed by atoms with Crippen molar-refractivity contribution in [2.24, 2.45) is 15.9 Å². The van der Waals surface area contributed by atoms with E-state index in [2.05, 4.69) is 10.1 Å². The van der Waals surface area contributed by atoms with Crippen LogP contribution in [0.15, 0.2) is 21.4 Å². The van der Waals surface area contributed by atoms with E-state index < -0.39 is 0 Å². The minimum Gasteiger partial charge on any atom is -0.322 e. The van der Waals surface area contributed by atoms with Crippen LogP contribution in [0.2, 0.25) is 0 Å². The molecular formula is C5H7ClN4.